The summed E-state index contributed by atoms with van der Waals surface area (Å²) in [6.07, 6.45) is 0. The molecule has 0 saturated heterocycles. The minimum Gasteiger partial charge on any atom is -0.258 e. The quantitative estimate of drug-likeness (QED) is 0.219. The van der Waals surface area contributed by atoms with Crippen LogP contribution >= 0.6 is 0 Å². The SMILES string of the molecule is O=[N+]([O-])c1ccccc1-c1nc2ccccc2c2c1ccc1ccccc12. The van der Waals surface area contributed by atoms with Crippen LogP contribution in [0, 0.1) is 10.1 Å². The van der Waals surface area contributed by atoms with Crippen LogP contribution in [-0.2, 0) is 0 Å². The van der Waals surface area contributed by atoms with Crippen molar-refractivity contribution in [2.45, 2.75) is 0 Å². The predicted octanol–water partition coefficient (Wildman–Crippen LogP) is 6.12. The Bertz CT molecular complexity index is 1340. The molecule has 0 bridgehead atoms. The van der Waals surface area contributed by atoms with Gasteiger partial charge in [0.2, 0.25) is 0 Å². The number of aromatic nitrogens is 1. The van der Waals surface area contributed by atoms with Gasteiger partial charge in [0.25, 0.3) is 5.69 Å². The van der Waals surface area contributed by atoms with Crippen LogP contribution in [0.15, 0.2) is 84.9 Å². The van der Waals surface area contributed by atoms with Crippen LogP contribution in [0.4, 0.5) is 5.69 Å². The molecule has 5 rings (SSSR count). The van der Waals surface area contributed by atoms with E-state index in [0.717, 1.165) is 32.4 Å². The summed E-state index contributed by atoms with van der Waals surface area (Å²) in [5.41, 5.74) is 2.07. The number of nitro benzene ring substituents is 1. The van der Waals surface area contributed by atoms with E-state index in [1.165, 1.54) is 6.07 Å². The van der Waals surface area contributed by atoms with Gasteiger partial charge < -0.3 is 0 Å². The fourth-order valence-electron chi connectivity index (χ4n) is 3.76. The molecule has 4 aromatic carbocycles. The minimum absolute atomic E-state index is 0.0646. The zero-order chi connectivity index (χ0) is 18.4. The molecule has 1 aromatic heterocycles. The molecule has 0 saturated carbocycles. The van der Waals surface area contributed by atoms with Crippen LogP contribution in [0.1, 0.15) is 0 Å². The van der Waals surface area contributed by atoms with Crippen molar-refractivity contribution in [1.82, 2.24) is 4.98 Å². The summed E-state index contributed by atoms with van der Waals surface area (Å²) >= 11 is 0. The third kappa shape index (κ3) is 2.34. The molecule has 0 radical (unpaired) electrons. The molecular formula is C23H14N2O2. The van der Waals surface area contributed by atoms with Crippen molar-refractivity contribution in [3.05, 3.63) is 95.0 Å². The van der Waals surface area contributed by atoms with E-state index < -0.39 is 0 Å². The number of hydrogen-bond donors (Lipinski definition) is 0. The highest BCUT2D eigenvalue weighted by molar-refractivity contribution is 6.22. The third-order valence-corrected chi connectivity index (χ3v) is 4.95. The zero-order valence-corrected chi connectivity index (χ0v) is 14.3. The summed E-state index contributed by atoms with van der Waals surface area (Å²) in [4.78, 5) is 16.1. The van der Waals surface area contributed by atoms with Crippen LogP contribution in [0.5, 0.6) is 0 Å². The van der Waals surface area contributed by atoms with E-state index in [0.29, 0.717) is 11.3 Å². The number of fused-ring (bicyclic) bond motifs is 5. The molecular weight excluding hydrogens is 336 g/mol. The Hall–Kier alpha value is -3.79. The Morgan fingerprint density at radius 2 is 1.41 bits per heavy atom. The first-order chi connectivity index (χ1) is 13.2. The lowest BCUT2D eigenvalue weighted by Gasteiger charge is -2.12. The fraction of sp³-hybridized carbons (Fsp3) is 0. The van der Waals surface area contributed by atoms with Gasteiger partial charge in [-0.2, -0.15) is 0 Å². The second kappa shape index (κ2) is 5.88. The molecule has 0 spiro atoms. The molecule has 0 aliphatic carbocycles. The molecule has 0 atom stereocenters. The number of para-hydroxylation sites is 2. The first-order valence-electron chi connectivity index (χ1n) is 8.68. The molecule has 5 aromatic rings. The van der Waals surface area contributed by atoms with Crippen molar-refractivity contribution in [3.8, 4) is 11.3 Å². The van der Waals surface area contributed by atoms with Crippen LogP contribution in [0.2, 0.25) is 0 Å². The number of pyridine rings is 1. The van der Waals surface area contributed by atoms with E-state index in [-0.39, 0.29) is 10.6 Å². The highest BCUT2D eigenvalue weighted by Gasteiger charge is 2.19. The second-order valence-electron chi connectivity index (χ2n) is 6.46. The van der Waals surface area contributed by atoms with Crippen LogP contribution < -0.4 is 0 Å². The summed E-state index contributed by atoms with van der Waals surface area (Å²) in [7, 11) is 0. The first-order valence-corrected chi connectivity index (χ1v) is 8.68. The largest absolute Gasteiger partial charge is 0.278 e. The monoisotopic (exact) mass is 350 g/mol. The molecule has 0 fully saturated rings. The van der Waals surface area contributed by atoms with Gasteiger partial charge in [-0.3, -0.25) is 10.1 Å². The van der Waals surface area contributed by atoms with E-state index in [2.05, 4.69) is 18.2 Å². The highest BCUT2D eigenvalue weighted by Crippen LogP contribution is 2.39. The Balaban J connectivity index is 2.03. The average molecular weight is 350 g/mol. The Kier molecular flexibility index (Phi) is 3.37. The van der Waals surface area contributed by atoms with Crippen LogP contribution in [0.25, 0.3) is 43.7 Å². The Morgan fingerprint density at radius 1 is 0.704 bits per heavy atom. The molecule has 27 heavy (non-hydrogen) atoms. The van der Waals surface area contributed by atoms with Gasteiger partial charge in [-0.15, -0.1) is 0 Å². The Morgan fingerprint density at radius 3 is 2.26 bits per heavy atom. The summed E-state index contributed by atoms with van der Waals surface area (Å²) < 4.78 is 0. The molecule has 128 valence electrons. The van der Waals surface area contributed by atoms with Crippen molar-refractivity contribution >= 4 is 38.1 Å². The maximum Gasteiger partial charge on any atom is 0.278 e. The topological polar surface area (TPSA) is 56.0 Å². The summed E-state index contributed by atoms with van der Waals surface area (Å²) in [5, 5.41) is 16.9. The van der Waals surface area contributed by atoms with Gasteiger partial charge in [0, 0.05) is 22.2 Å². The Labute approximate surface area is 154 Å². The fourth-order valence-corrected chi connectivity index (χ4v) is 3.76. The van der Waals surface area contributed by atoms with E-state index in [9.17, 15) is 10.1 Å². The van der Waals surface area contributed by atoms with Crippen LogP contribution in [0.3, 0.4) is 0 Å². The number of rotatable bonds is 2. The normalized spacial score (nSPS) is 11.3. The summed E-state index contributed by atoms with van der Waals surface area (Å²) in [6.45, 7) is 0. The van der Waals surface area contributed by atoms with Crippen molar-refractivity contribution in [2.24, 2.45) is 0 Å². The van der Waals surface area contributed by atoms with E-state index in [1.54, 1.807) is 12.1 Å². The van der Waals surface area contributed by atoms with Gasteiger partial charge >= 0.3 is 0 Å². The average Bonchev–Trinajstić information content (AvgIpc) is 2.72. The summed E-state index contributed by atoms with van der Waals surface area (Å²) in [5.74, 6) is 0. The lowest BCUT2D eigenvalue weighted by atomic mass is 9.95. The van der Waals surface area contributed by atoms with Crippen molar-refractivity contribution in [1.29, 1.82) is 0 Å². The van der Waals surface area contributed by atoms with Gasteiger partial charge in [-0.25, -0.2) is 4.98 Å². The van der Waals surface area contributed by atoms with E-state index in [1.807, 2.05) is 48.5 Å². The molecule has 1 heterocycles. The summed E-state index contributed by atoms with van der Waals surface area (Å²) in [6, 6.07) is 27.0. The lowest BCUT2D eigenvalue weighted by Crippen LogP contribution is -1.95. The van der Waals surface area contributed by atoms with E-state index >= 15 is 0 Å². The van der Waals surface area contributed by atoms with Crippen LogP contribution in [-0.4, -0.2) is 9.91 Å². The number of hydrogen-bond acceptors (Lipinski definition) is 3. The minimum atomic E-state index is -0.348. The van der Waals surface area contributed by atoms with E-state index in [4.69, 9.17) is 4.98 Å². The molecule has 4 nitrogen and oxygen atoms in total. The smallest absolute Gasteiger partial charge is 0.258 e. The van der Waals surface area contributed by atoms with Crippen molar-refractivity contribution in [2.75, 3.05) is 0 Å². The van der Waals surface area contributed by atoms with Crippen molar-refractivity contribution in [3.63, 3.8) is 0 Å². The first kappa shape index (κ1) is 15.5. The molecule has 0 N–H and O–H groups in total. The second-order valence-corrected chi connectivity index (χ2v) is 6.46. The predicted molar refractivity (Wildman–Crippen MR) is 109 cm³/mol. The number of nitrogens with zero attached hydrogens (tertiary/aromatic N) is 2. The molecule has 0 aliphatic rings. The molecule has 4 heteroatoms. The van der Waals surface area contributed by atoms with Gasteiger partial charge in [0.15, 0.2) is 0 Å². The standard InChI is InChI=1S/C23H14N2O2/c26-25(27)21-12-6-4-10-18(21)23-19-14-13-15-7-1-2-8-16(15)22(19)17-9-3-5-11-20(17)24-23/h1-14H. The third-order valence-electron chi connectivity index (χ3n) is 4.95. The zero-order valence-electron chi connectivity index (χ0n) is 14.3. The number of benzene rings is 4. The van der Waals surface area contributed by atoms with Gasteiger partial charge in [-0.1, -0.05) is 66.7 Å². The lowest BCUT2D eigenvalue weighted by molar-refractivity contribution is -0.384. The van der Waals surface area contributed by atoms with Gasteiger partial charge in [-0.05, 0) is 22.9 Å². The number of nitro groups is 1. The van der Waals surface area contributed by atoms with Crippen molar-refractivity contribution < 1.29 is 4.92 Å². The maximum absolute atomic E-state index is 11.6. The highest BCUT2D eigenvalue weighted by atomic mass is 16.6. The molecule has 0 aliphatic heterocycles. The van der Waals surface area contributed by atoms with Gasteiger partial charge in [0.05, 0.1) is 21.7 Å². The van der Waals surface area contributed by atoms with Gasteiger partial charge in [0.1, 0.15) is 0 Å². The maximum atomic E-state index is 11.6. The molecule has 0 amide bonds. The molecule has 0 unspecified atom stereocenters.